The summed E-state index contributed by atoms with van der Waals surface area (Å²) in [5, 5.41) is 22.6. The van der Waals surface area contributed by atoms with E-state index >= 15 is 0 Å². The van der Waals surface area contributed by atoms with Gasteiger partial charge in [-0.05, 0) is 25.5 Å². The highest BCUT2D eigenvalue weighted by molar-refractivity contribution is 7.91. The molecule has 8 nitrogen and oxygen atoms in total. The topological polar surface area (TPSA) is 121 Å². The third kappa shape index (κ3) is 3.09. The molecule has 1 aliphatic rings. The number of carboxylic acids is 1. The third-order valence-corrected chi connectivity index (χ3v) is 7.33. The Bertz CT molecular complexity index is 856. The quantitative estimate of drug-likeness (QED) is 0.826. The number of hydrogen-bond acceptors (Lipinski definition) is 7. The van der Waals surface area contributed by atoms with Crippen molar-refractivity contribution in [2.24, 2.45) is 5.92 Å². The Kier molecular flexibility index (Phi) is 4.47. The highest BCUT2D eigenvalue weighted by atomic mass is 32.2. The predicted octanol–water partition coefficient (Wildman–Crippen LogP) is 1.17. The molecule has 10 heteroatoms. The number of carbonyl (C=O) groups is 1. The number of aryl methyl sites for hydroxylation is 1. The molecule has 0 spiro atoms. The molecule has 0 unspecified atom stereocenters. The number of carboxylic acid groups (broad SMARTS) is 1. The van der Waals surface area contributed by atoms with E-state index in [0.717, 1.165) is 15.6 Å². The van der Waals surface area contributed by atoms with Gasteiger partial charge in [-0.25, -0.2) is 8.42 Å². The summed E-state index contributed by atoms with van der Waals surface area (Å²) in [6.45, 7) is 1.61. The van der Waals surface area contributed by atoms with Crippen molar-refractivity contribution in [3.8, 4) is 10.6 Å². The van der Waals surface area contributed by atoms with E-state index in [-0.39, 0.29) is 23.7 Å². The minimum absolute atomic E-state index is 0.0852. The molecule has 0 radical (unpaired) electrons. The molecule has 3 heterocycles. The molecule has 2 atom stereocenters. The van der Waals surface area contributed by atoms with Gasteiger partial charge in [-0.1, -0.05) is 5.16 Å². The van der Waals surface area contributed by atoms with Crippen LogP contribution in [0.4, 0.5) is 0 Å². The summed E-state index contributed by atoms with van der Waals surface area (Å²) in [7, 11) is -3.82. The van der Waals surface area contributed by atoms with Crippen LogP contribution >= 0.6 is 11.3 Å². The number of sulfonamides is 1. The van der Waals surface area contributed by atoms with Gasteiger partial charge in [0, 0.05) is 19.2 Å². The second-order valence-electron chi connectivity index (χ2n) is 5.62. The summed E-state index contributed by atoms with van der Waals surface area (Å²) in [6, 6.07) is 4.80. The van der Waals surface area contributed by atoms with E-state index in [1.54, 1.807) is 19.1 Å². The Hall–Kier alpha value is -1.75. The van der Waals surface area contributed by atoms with Gasteiger partial charge in [0.25, 0.3) is 10.0 Å². The Balaban J connectivity index is 1.86. The first-order valence-corrected chi connectivity index (χ1v) is 9.49. The maximum Gasteiger partial charge on any atom is 0.310 e. The highest BCUT2D eigenvalue weighted by Gasteiger charge is 2.39. The van der Waals surface area contributed by atoms with E-state index in [0.29, 0.717) is 16.3 Å². The van der Waals surface area contributed by atoms with Gasteiger partial charge in [-0.2, -0.15) is 4.31 Å². The van der Waals surface area contributed by atoms with Crippen molar-refractivity contribution in [3.63, 3.8) is 0 Å². The standard InChI is InChI=1S/C14H16N2O6S2/c1-8-6-11(22-15-8)12-2-3-13(23-12)24(20,21)16-5-4-10(17)9(7-16)14(18)19/h2-3,6,9-10,17H,4-5,7H2,1H3,(H,18,19)/t9-,10-/m0/s1. The first-order valence-electron chi connectivity index (χ1n) is 7.23. The van der Waals surface area contributed by atoms with Gasteiger partial charge in [-0.15, -0.1) is 11.3 Å². The SMILES string of the molecule is Cc1cc(-c2ccc(S(=O)(=O)N3CC[C@H](O)[C@@H](C(=O)O)C3)s2)on1. The van der Waals surface area contributed by atoms with Crippen LogP contribution in [0.5, 0.6) is 0 Å². The molecular formula is C14H16N2O6S2. The molecule has 24 heavy (non-hydrogen) atoms. The average Bonchev–Trinajstić information content (AvgIpc) is 3.16. The van der Waals surface area contributed by atoms with Crippen molar-refractivity contribution in [3.05, 3.63) is 23.9 Å². The number of thiophene rings is 1. The normalized spacial score (nSPS) is 22.6. The van der Waals surface area contributed by atoms with E-state index in [4.69, 9.17) is 9.63 Å². The molecule has 0 saturated carbocycles. The van der Waals surface area contributed by atoms with Gasteiger partial charge in [0.1, 0.15) is 4.21 Å². The van der Waals surface area contributed by atoms with Crippen molar-refractivity contribution < 1.29 is 27.9 Å². The smallest absolute Gasteiger partial charge is 0.310 e. The molecule has 0 bridgehead atoms. The largest absolute Gasteiger partial charge is 0.481 e. The Morgan fingerprint density at radius 2 is 2.21 bits per heavy atom. The van der Waals surface area contributed by atoms with Gasteiger partial charge in [-0.3, -0.25) is 4.79 Å². The monoisotopic (exact) mass is 372 g/mol. The van der Waals surface area contributed by atoms with Crippen LogP contribution in [-0.4, -0.2) is 53.3 Å². The lowest BCUT2D eigenvalue weighted by Gasteiger charge is -2.32. The van der Waals surface area contributed by atoms with Gasteiger partial charge >= 0.3 is 5.97 Å². The van der Waals surface area contributed by atoms with E-state index in [2.05, 4.69) is 5.16 Å². The number of nitrogens with zero attached hydrogens (tertiary/aromatic N) is 2. The first-order chi connectivity index (χ1) is 11.3. The van der Waals surface area contributed by atoms with Crippen molar-refractivity contribution >= 4 is 27.3 Å². The minimum atomic E-state index is -3.82. The van der Waals surface area contributed by atoms with E-state index in [1.165, 1.54) is 6.07 Å². The van der Waals surface area contributed by atoms with Crippen LogP contribution in [0.15, 0.2) is 26.9 Å². The van der Waals surface area contributed by atoms with Crippen LogP contribution in [-0.2, 0) is 14.8 Å². The second-order valence-corrected chi connectivity index (χ2v) is 8.86. The molecule has 0 aromatic carbocycles. The van der Waals surface area contributed by atoms with Crippen LogP contribution in [0, 0.1) is 12.8 Å². The Labute approximate surface area is 142 Å². The van der Waals surface area contributed by atoms with Gasteiger partial charge in [0.2, 0.25) is 0 Å². The van der Waals surface area contributed by atoms with Crippen LogP contribution in [0.2, 0.25) is 0 Å². The van der Waals surface area contributed by atoms with E-state index < -0.39 is 28.0 Å². The summed E-state index contributed by atoms with van der Waals surface area (Å²) in [5.41, 5.74) is 0.692. The predicted molar refractivity (Wildman–Crippen MR) is 85.1 cm³/mol. The maximum absolute atomic E-state index is 12.7. The molecule has 1 saturated heterocycles. The number of rotatable bonds is 4. The van der Waals surface area contributed by atoms with Crippen molar-refractivity contribution in [2.45, 2.75) is 23.7 Å². The molecule has 0 aliphatic carbocycles. The summed E-state index contributed by atoms with van der Waals surface area (Å²) in [4.78, 5) is 11.8. The van der Waals surface area contributed by atoms with Gasteiger partial charge in [0.05, 0.1) is 22.6 Å². The molecule has 2 aromatic heterocycles. The number of hydrogen-bond donors (Lipinski definition) is 2. The van der Waals surface area contributed by atoms with E-state index in [1.807, 2.05) is 0 Å². The molecule has 2 N–H and O–H groups in total. The summed E-state index contributed by atoms with van der Waals surface area (Å²) in [5.74, 6) is -1.84. The summed E-state index contributed by atoms with van der Waals surface area (Å²) >= 11 is 1.04. The third-order valence-electron chi connectivity index (χ3n) is 3.90. The van der Waals surface area contributed by atoms with Crippen molar-refractivity contribution in [2.75, 3.05) is 13.1 Å². The fourth-order valence-electron chi connectivity index (χ4n) is 2.57. The van der Waals surface area contributed by atoms with Crippen LogP contribution < -0.4 is 0 Å². The Morgan fingerprint density at radius 1 is 1.46 bits per heavy atom. The molecule has 130 valence electrons. The number of aliphatic hydroxyl groups is 1. The summed E-state index contributed by atoms with van der Waals surface area (Å²) < 4.78 is 31.8. The summed E-state index contributed by atoms with van der Waals surface area (Å²) in [6.07, 6.45) is -0.944. The number of piperidine rings is 1. The number of aliphatic hydroxyl groups excluding tert-OH is 1. The van der Waals surface area contributed by atoms with Crippen molar-refractivity contribution in [1.29, 1.82) is 0 Å². The fourth-order valence-corrected chi connectivity index (χ4v) is 5.46. The Morgan fingerprint density at radius 3 is 2.83 bits per heavy atom. The molecule has 1 fully saturated rings. The second kappa shape index (κ2) is 6.28. The maximum atomic E-state index is 12.7. The highest BCUT2D eigenvalue weighted by Crippen LogP contribution is 2.34. The lowest BCUT2D eigenvalue weighted by atomic mass is 9.96. The van der Waals surface area contributed by atoms with Crippen LogP contribution in [0.3, 0.4) is 0 Å². The van der Waals surface area contributed by atoms with Crippen LogP contribution in [0.25, 0.3) is 10.6 Å². The van der Waals surface area contributed by atoms with Crippen molar-refractivity contribution in [1.82, 2.24) is 9.46 Å². The minimum Gasteiger partial charge on any atom is -0.481 e. The molecule has 2 aromatic rings. The molecule has 1 aliphatic heterocycles. The zero-order valence-electron chi connectivity index (χ0n) is 12.7. The molecular weight excluding hydrogens is 356 g/mol. The number of aromatic nitrogens is 1. The molecule has 0 amide bonds. The first kappa shape index (κ1) is 17.1. The number of aliphatic carboxylic acids is 1. The zero-order chi connectivity index (χ0) is 17.5. The van der Waals surface area contributed by atoms with Crippen LogP contribution in [0.1, 0.15) is 12.1 Å². The average molecular weight is 372 g/mol. The van der Waals surface area contributed by atoms with Gasteiger partial charge < -0.3 is 14.7 Å². The van der Waals surface area contributed by atoms with Gasteiger partial charge in [0.15, 0.2) is 5.76 Å². The lowest BCUT2D eigenvalue weighted by molar-refractivity contribution is -0.147. The zero-order valence-corrected chi connectivity index (χ0v) is 14.4. The molecule has 3 rings (SSSR count). The fraction of sp³-hybridized carbons (Fsp3) is 0.429. The lowest BCUT2D eigenvalue weighted by Crippen LogP contribution is -2.48. The van der Waals surface area contributed by atoms with E-state index in [9.17, 15) is 18.3 Å².